The average Bonchev–Trinajstić information content (AvgIpc) is 3.57. The third kappa shape index (κ3) is 5.51. The first-order valence-electron chi connectivity index (χ1n) is 11.8. The van der Waals surface area contributed by atoms with Crippen molar-refractivity contribution in [3.63, 3.8) is 0 Å². The Bertz CT molecular complexity index is 1430. The molecule has 11 heteroatoms. The largest absolute Gasteiger partial charge is 0.497 e. The molecule has 3 heterocycles. The van der Waals surface area contributed by atoms with Crippen LogP contribution in [0.2, 0.25) is 0 Å². The lowest BCUT2D eigenvalue weighted by atomic mass is 9.90. The van der Waals surface area contributed by atoms with Crippen molar-refractivity contribution in [2.75, 3.05) is 20.3 Å². The highest BCUT2D eigenvalue weighted by Crippen LogP contribution is 2.33. The van der Waals surface area contributed by atoms with E-state index in [1.807, 2.05) is 30.3 Å². The standard InChI is InChI=1S/C26H27N7O4/c1-35-20-12-18(13-21(14-20)37-19-7-10-36-15-19)22(11-16-3-5-17(6-4-16)23(27)28)24-31-26(34)33(32-24)25-29-8-2-9-30-25/h2-6,8-9,12-14,19,22H,7,10-11,15H2,1H3,(H3,27,28)(H,31,32,34)/t19-,22?/m0/s1. The third-order valence-electron chi connectivity index (χ3n) is 6.14. The van der Waals surface area contributed by atoms with E-state index in [1.165, 1.54) is 0 Å². The minimum absolute atomic E-state index is 0.000451. The summed E-state index contributed by atoms with van der Waals surface area (Å²) >= 11 is 0. The normalized spacial score (nSPS) is 15.9. The van der Waals surface area contributed by atoms with E-state index in [4.69, 9.17) is 25.4 Å². The second-order valence-electron chi connectivity index (χ2n) is 8.69. The van der Waals surface area contributed by atoms with Crippen molar-refractivity contribution in [3.05, 3.63) is 93.9 Å². The maximum atomic E-state index is 12.8. The van der Waals surface area contributed by atoms with Crippen LogP contribution in [0, 0.1) is 5.41 Å². The van der Waals surface area contributed by atoms with Crippen LogP contribution in [-0.4, -0.2) is 57.0 Å². The van der Waals surface area contributed by atoms with Gasteiger partial charge in [-0.15, -0.1) is 9.78 Å². The summed E-state index contributed by atoms with van der Waals surface area (Å²) in [4.78, 5) is 24.0. The second-order valence-corrected chi connectivity index (χ2v) is 8.69. The smallest absolute Gasteiger partial charge is 0.350 e. The summed E-state index contributed by atoms with van der Waals surface area (Å²) in [5.74, 6) is 1.52. The van der Waals surface area contributed by atoms with Gasteiger partial charge in [-0.3, -0.25) is 10.4 Å². The number of ether oxygens (including phenoxy) is 3. The van der Waals surface area contributed by atoms with Gasteiger partial charge in [-0.25, -0.2) is 14.8 Å². The number of hydrogen-bond donors (Lipinski definition) is 3. The summed E-state index contributed by atoms with van der Waals surface area (Å²) in [6, 6.07) is 14.8. The molecule has 1 aliphatic rings. The highest BCUT2D eigenvalue weighted by Gasteiger charge is 2.24. The van der Waals surface area contributed by atoms with Crippen LogP contribution in [0.25, 0.3) is 5.95 Å². The topological polar surface area (TPSA) is 154 Å². The van der Waals surface area contributed by atoms with E-state index in [0.717, 1.165) is 22.2 Å². The molecule has 37 heavy (non-hydrogen) atoms. The summed E-state index contributed by atoms with van der Waals surface area (Å²) in [5.41, 5.74) is 7.62. The van der Waals surface area contributed by atoms with Crippen molar-refractivity contribution >= 4 is 5.84 Å². The monoisotopic (exact) mass is 501 g/mol. The number of nitrogens with two attached hydrogens (primary N) is 1. The molecule has 1 fully saturated rings. The van der Waals surface area contributed by atoms with Gasteiger partial charge in [0.05, 0.1) is 20.3 Å². The Kier molecular flexibility index (Phi) is 6.95. The molecular formula is C26H27N7O4. The third-order valence-corrected chi connectivity index (χ3v) is 6.14. The van der Waals surface area contributed by atoms with Gasteiger partial charge < -0.3 is 19.9 Å². The number of aromatic amines is 1. The number of amidine groups is 1. The molecule has 0 aliphatic carbocycles. The molecule has 4 N–H and O–H groups in total. The van der Waals surface area contributed by atoms with E-state index < -0.39 is 5.69 Å². The molecule has 0 spiro atoms. The van der Waals surface area contributed by atoms with Crippen LogP contribution in [-0.2, 0) is 11.2 Å². The molecule has 2 aromatic heterocycles. The van der Waals surface area contributed by atoms with Crippen molar-refractivity contribution in [1.82, 2.24) is 24.7 Å². The van der Waals surface area contributed by atoms with Crippen molar-refractivity contribution in [1.29, 1.82) is 5.41 Å². The van der Waals surface area contributed by atoms with Crippen molar-refractivity contribution < 1.29 is 14.2 Å². The van der Waals surface area contributed by atoms with E-state index in [1.54, 1.807) is 37.7 Å². The van der Waals surface area contributed by atoms with Gasteiger partial charge in [0.25, 0.3) is 5.95 Å². The van der Waals surface area contributed by atoms with Gasteiger partial charge in [0.15, 0.2) is 0 Å². The van der Waals surface area contributed by atoms with E-state index in [2.05, 4.69) is 20.1 Å². The van der Waals surface area contributed by atoms with Gasteiger partial charge in [0, 0.05) is 36.4 Å². The summed E-state index contributed by atoms with van der Waals surface area (Å²) in [6.07, 6.45) is 4.38. The highest BCUT2D eigenvalue weighted by molar-refractivity contribution is 5.94. The van der Waals surface area contributed by atoms with Crippen LogP contribution in [0.5, 0.6) is 11.5 Å². The van der Waals surface area contributed by atoms with Crippen LogP contribution in [0.1, 0.15) is 34.9 Å². The molecular weight excluding hydrogens is 474 g/mol. The van der Waals surface area contributed by atoms with Gasteiger partial charge in [-0.2, -0.15) is 0 Å². The number of methoxy groups -OCH3 is 1. The van der Waals surface area contributed by atoms with Gasteiger partial charge in [-0.1, -0.05) is 24.3 Å². The van der Waals surface area contributed by atoms with E-state index in [9.17, 15) is 4.79 Å². The van der Waals surface area contributed by atoms with Crippen LogP contribution < -0.4 is 20.9 Å². The molecule has 4 aromatic rings. The van der Waals surface area contributed by atoms with Crippen LogP contribution in [0.4, 0.5) is 0 Å². The highest BCUT2D eigenvalue weighted by atomic mass is 16.5. The molecule has 5 rings (SSSR count). The fraction of sp³-hybridized carbons (Fsp3) is 0.269. The Morgan fingerprint density at radius 2 is 1.97 bits per heavy atom. The Balaban J connectivity index is 1.56. The molecule has 0 radical (unpaired) electrons. The van der Waals surface area contributed by atoms with E-state index in [0.29, 0.717) is 42.5 Å². The Morgan fingerprint density at radius 3 is 2.65 bits per heavy atom. The maximum absolute atomic E-state index is 12.8. The molecule has 2 aromatic carbocycles. The van der Waals surface area contributed by atoms with E-state index >= 15 is 0 Å². The first-order chi connectivity index (χ1) is 18.0. The van der Waals surface area contributed by atoms with Crippen LogP contribution in [0.3, 0.4) is 0 Å². The zero-order valence-electron chi connectivity index (χ0n) is 20.3. The first kappa shape index (κ1) is 24.2. The maximum Gasteiger partial charge on any atom is 0.350 e. The molecule has 1 saturated heterocycles. The number of hydrogen-bond acceptors (Lipinski definition) is 8. The molecule has 0 amide bonds. The summed E-state index contributed by atoms with van der Waals surface area (Å²) in [7, 11) is 1.60. The lowest BCUT2D eigenvalue weighted by molar-refractivity contribution is 0.141. The van der Waals surface area contributed by atoms with Gasteiger partial charge in [-0.05, 0) is 35.7 Å². The molecule has 0 saturated carbocycles. The zero-order chi connectivity index (χ0) is 25.8. The van der Waals surface area contributed by atoms with Crippen molar-refractivity contribution in [2.45, 2.75) is 24.9 Å². The molecule has 1 unspecified atom stereocenters. The summed E-state index contributed by atoms with van der Waals surface area (Å²) in [6.45, 7) is 1.20. The number of aromatic nitrogens is 5. The predicted octanol–water partition coefficient (Wildman–Crippen LogP) is 2.19. The number of rotatable bonds is 9. The lowest BCUT2D eigenvalue weighted by Crippen LogP contribution is -2.18. The van der Waals surface area contributed by atoms with Crippen molar-refractivity contribution in [3.8, 4) is 17.4 Å². The average molecular weight is 502 g/mol. The minimum Gasteiger partial charge on any atom is -0.497 e. The first-order valence-corrected chi connectivity index (χ1v) is 11.8. The number of nitrogens with zero attached hydrogens (tertiary/aromatic N) is 4. The van der Waals surface area contributed by atoms with Gasteiger partial charge in [0.1, 0.15) is 29.3 Å². The Hall–Kier alpha value is -4.51. The minimum atomic E-state index is -0.444. The van der Waals surface area contributed by atoms with Crippen molar-refractivity contribution in [2.24, 2.45) is 5.73 Å². The number of nitrogens with one attached hydrogen (secondary N) is 2. The zero-order valence-corrected chi connectivity index (χ0v) is 20.3. The SMILES string of the molecule is COc1cc(O[C@H]2CCOC2)cc(C(Cc2ccc(C(=N)N)cc2)c2nn(-c3ncccn3)c(=O)[nH]2)c1. The summed E-state index contributed by atoms with van der Waals surface area (Å²) < 4.78 is 18.3. The quantitative estimate of drug-likeness (QED) is 0.233. The fourth-order valence-electron chi connectivity index (χ4n) is 4.24. The van der Waals surface area contributed by atoms with Gasteiger partial charge >= 0.3 is 5.69 Å². The molecule has 0 bridgehead atoms. The Morgan fingerprint density at radius 1 is 1.22 bits per heavy atom. The van der Waals surface area contributed by atoms with Crippen LogP contribution >= 0.6 is 0 Å². The fourth-order valence-corrected chi connectivity index (χ4v) is 4.24. The lowest BCUT2D eigenvalue weighted by Gasteiger charge is -2.19. The number of nitrogen functional groups attached to an aromatic ring is 1. The molecule has 11 nitrogen and oxygen atoms in total. The molecule has 2 atom stereocenters. The summed E-state index contributed by atoms with van der Waals surface area (Å²) in [5, 5.41) is 12.2. The second kappa shape index (κ2) is 10.6. The number of benzene rings is 2. The predicted molar refractivity (Wildman–Crippen MR) is 136 cm³/mol. The number of H-pyrrole nitrogens is 1. The van der Waals surface area contributed by atoms with Crippen LogP contribution in [0.15, 0.2) is 65.7 Å². The van der Waals surface area contributed by atoms with Gasteiger partial charge in [0.2, 0.25) is 0 Å². The molecule has 190 valence electrons. The Labute approximate surface area is 212 Å². The molecule has 1 aliphatic heterocycles. The van der Waals surface area contributed by atoms with E-state index in [-0.39, 0.29) is 23.8 Å².